The van der Waals surface area contributed by atoms with Gasteiger partial charge in [0.05, 0.1) is 4.75 Å². The van der Waals surface area contributed by atoms with E-state index in [1.165, 1.54) is 0 Å². The second kappa shape index (κ2) is 3.32. The van der Waals surface area contributed by atoms with Crippen LogP contribution in [-0.2, 0) is 14.8 Å². The van der Waals surface area contributed by atoms with E-state index in [0.29, 0.717) is 12.8 Å². The zero-order chi connectivity index (χ0) is 12.1. The van der Waals surface area contributed by atoms with Crippen LogP contribution >= 0.6 is 0 Å². The van der Waals surface area contributed by atoms with E-state index in [4.69, 9.17) is 0 Å². The molecule has 2 unspecified atom stereocenters. The van der Waals surface area contributed by atoms with Crippen molar-refractivity contribution in [3.05, 3.63) is 12.2 Å². The first-order valence-corrected chi connectivity index (χ1v) is 6.97. The molecule has 1 amide bonds. The Morgan fingerprint density at radius 2 is 1.94 bits per heavy atom. The number of carbonyl (C=O) groups is 1. The number of sulfonamides is 1. The number of carbonyl (C=O) groups excluding carboxylic acids is 1. The minimum absolute atomic E-state index is 0.169. The second-order valence-electron chi connectivity index (χ2n) is 5.21. The molecule has 0 aromatic carbocycles. The SMILES string of the molecule is C=C(C)C1CC1C(=O)NS(=O)(=O)C1(C)CC1. The lowest BCUT2D eigenvalue weighted by molar-refractivity contribution is -0.120. The highest BCUT2D eigenvalue weighted by molar-refractivity contribution is 7.91. The summed E-state index contributed by atoms with van der Waals surface area (Å²) in [4.78, 5) is 11.7. The molecule has 16 heavy (non-hydrogen) atoms. The van der Waals surface area contributed by atoms with Gasteiger partial charge < -0.3 is 0 Å². The van der Waals surface area contributed by atoms with Crippen LogP contribution in [0.2, 0.25) is 0 Å². The van der Waals surface area contributed by atoms with Gasteiger partial charge in [-0.1, -0.05) is 12.2 Å². The summed E-state index contributed by atoms with van der Waals surface area (Å²) >= 11 is 0. The van der Waals surface area contributed by atoms with Crippen LogP contribution in [0.3, 0.4) is 0 Å². The highest BCUT2D eigenvalue weighted by Crippen LogP contribution is 2.45. The third kappa shape index (κ3) is 1.88. The van der Waals surface area contributed by atoms with Crippen LogP contribution in [0.25, 0.3) is 0 Å². The average molecular weight is 243 g/mol. The Bertz CT molecular complexity index is 448. The molecule has 0 radical (unpaired) electrons. The number of hydrogen-bond donors (Lipinski definition) is 1. The molecule has 0 aliphatic heterocycles. The van der Waals surface area contributed by atoms with Gasteiger partial charge in [-0.25, -0.2) is 8.42 Å². The fourth-order valence-electron chi connectivity index (χ4n) is 1.81. The van der Waals surface area contributed by atoms with E-state index >= 15 is 0 Å². The molecule has 4 nitrogen and oxygen atoms in total. The van der Waals surface area contributed by atoms with Crippen LogP contribution in [0.5, 0.6) is 0 Å². The first kappa shape index (κ1) is 11.6. The molecule has 0 saturated heterocycles. The first-order valence-electron chi connectivity index (χ1n) is 5.48. The summed E-state index contributed by atoms with van der Waals surface area (Å²) in [6, 6.07) is 0. The molecule has 1 N–H and O–H groups in total. The third-order valence-corrected chi connectivity index (χ3v) is 5.77. The number of hydrogen-bond acceptors (Lipinski definition) is 3. The van der Waals surface area contributed by atoms with Crippen molar-refractivity contribution in [2.45, 2.75) is 37.9 Å². The van der Waals surface area contributed by atoms with E-state index in [9.17, 15) is 13.2 Å². The van der Waals surface area contributed by atoms with Crippen LogP contribution in [0, 0.1) is 11.8 Å². The minimum Gasteiger partial charge on any atom is -0.274 e. The third-order valence-electron chi connectivity index (χ3n) is 3.60. The van der Waals surface area contributed by atoms with Gasteiger partial charge in [0.25, 0.3) is 0 Å². The van der Waals surface area contributed by atoms with Crippen molar-refractivity contribution in [3.8, 4) is 0 Å². The number of nitrogens with one attached hydrogen (secondary N) is 1. The largest absolute Gasteiger partial charge is 0.274 e. The molecule has 2 rings (SSSR count). The first-order chi connectivity index (χ1) is 7.27. The molecule has 0 spiro atoms. The van der Waals surface area contributed by atoms with Crippen LogP contribution in [-0.4, -0.2) is 19.1 Å². The van der Waals surface area contributed by atoms with Crippen molar-refractivity contribution in [2.24, 2.45) is 11.8 Å². The summed E-state index contributed by atoms with van der Waals surface area (Å²) in [5.41, 5.74) is 0.954. The molecule has 0 bridgehead atoms. The highest BCUT2D eigenvalue weighted by Gasteiger charge is 2.53. The van der Waals surface area contributed by atoms with Crippen molar-refractivity contribution in [2.75, 3.05) is 0 Å². The summed E-state index contributed by atoms with van der Waals surface area (Å²) < 4.78 is 25.0. The lowest BCUT2D eigenvalue weighted by Gasteiger charge is -2.11. The van der Waals surface area contributed by atoms with E-state index < -0.39 is 14.8 Å². The summed E-state index contributed by atoms with van der Waals surface area (Å²) in [7, 11) is -3.47. The second-order valence-corrected chi connectivity index (χ2v) is 7.41. The maximum absolute atomic E-state index is 11.8. The van der Waals surface area contributed by atoms with Gasteiger partial charge in [0.15, 0.2) is 0 Å². The lowest BCUT2D eigenvalue weighted by Crippen LogP contribution is -2.39. The smallest absolute Gasteiger partial charge is 0.240 e. The maximum atomic E-state index is 11.8. The van der Waals surface area contributed by atoms with Gasteiger partial charge in [0.2, 0.25) is 15.9 Å². The quantitative estimate of drug-likeness (QED) is 0.755. The van der Waals surface area contributed by atoms with E-state index in [1.54, 1.807) is 6.92 Å². The predicted molar refractivity (Wildman–Crippen MR) is 61.1 cm³/mol. The van der Waals surface area contributed by atoms with Crippen molar-refractivity contribution < 1.29 is 13.2 Å². The van der Waals surface area contributed by atoms with Gasteiger partial charge in [-0.2, -0.15) is 0 Å². The molecule has 2 fully saturated rings. The minimum atomic E-state index is -3.47. The molecule has 90 valence electrons. The van der Waals surface area contributed by atoms with Gasteiger partial charge in [-0.15, -0.1) is 0 Å². The van der Waals surface area contributed by atoms with E-state index in [2.05, 4.69) is 11.3 Å². The van der Waals surface area contributed by atoms with Gasteiger partial charge in [0, 0.05) is 5.92 Å². The van der Waals surface area contributed by atoms with Crippen molar-refractivity contribution in [3.63, 3.8) is 0 Å². The molecular formula is C11H17NO3S. The van der Waals surface area contributed by atoms with E-state index in [0.717, 1.165) is 12.0 Å². The zero-order valence-electron chi connectivity index (χ0n) is 9.62. The Kier molecular flexibility index (Phi) is 2.42. The summed E-state index contributed by atoms with van der Waals surface area (Å²) in [5.74, 6) is -0.377. The van der Waals surface area contributed by atoms with E-state index in [-0.39, 0.29) is 17.7 Å². The van der Waals surface area contributed by atoms with Gasteiger partial charge >= 0.3 is 0 Å². The average Bonchev–Trinajstić information content (AvgIpc) is 2.93. The topological polar surface area (TPSA) is 63.2 Å². The normalized spacial score (nSPS) is 30.6. The van der Waals surface area contributed by atoms with Crippen molar-refractivity contribution in [1.82, 2.24) is 4.72 Å². The zero-order valence-corrected chi connectivity index (χ0v) is 10.4. The van der Waals surface area contributed by atoms with Gasteiger partial charge in [-0.3, -0.25) is 9.52 Å². The number of allylic oxidation sites excluding steroid dienone is 1. The molecular weight excluding hydrogens is 226 g/mol. The Labute approximate surface area is 96.2 Å². The van der Waals surface area contributed by atoms with Crippen LogP contribution < -0.4 is 4.72 Å². The molecule has 2 atom stereocenters. The Hall–Kier alpha value is -0.840. The molecule has 0 aromatic heterocycles. The Morgan fingerprint density at radius 1 is 1.38 bits per heavy atom. The fraction of sp³-hybridized carbons (Fsp3) is 0.727. The Balaban J connectivity index is 1.97. The molecule has 2 saturated carbocycles. The highest BCUT2D eigenvalue weighted by atomic mass is 32.2. The Morgan fingerprint density at radius 3 is 2.31 bits per heavy atom. The number of amides is 1. The molecule has 0 aromatic rings. The predicted octanol–water partition coefficient (Wildman–Crippen LogP) is 1.20. The van der Waals surface area contributed by atoms with Crippen molar-refractivity contribution >= 4 is 15.9 Å². The summed E-state index contributed by atoms with van der Waals surface area (Å²) in [6.45, 7) is 7.32. The van der Waals surface area contributed by atoms with Crippen molar-refractivity contribution in [1.29, 1.82) is 0 Å². The lowest BCUT2D eigenvalue weighted by atomic mass is 10.2. The summed E-state index contributed by atoms with van der Waals surface area (Å²) in [5, 5.41) is 0. The van der Waals surface area contributed by atoms with Gasteiger partial charge in [0.1, 0.15) is 0 Å². The van der Waals surface area contributed by atoms with Crippen LogP contribution in [0.1, 0.15) is 33.1 Å². The number of rotatable bonds is 4. The summed E-state index contributed by atoms with van der Waals surface area (Å²) in [6.07, 6.45) is 2.02. The van der Waals surface area contributed by atoms with Crippen LogP contribution in [0.15, 0.2) is 12.2 Å². The molecule has 0 heterocycles. The monoisotopic (exact) mass is 243 g/mol. The molecule has 2 aliphatic carbocycles. The molecule has 5 heteroatoms. The standard InChI is InChI=1S/C11H17NO3S/c1-7(2)8-6-9(8)10(13)12-16(14,15)11(3)4-5-11/h8-9H,1,4-6H2,2-3H3,(H,12,13). The van der Waals surface area contributed by atoms with Crippen LogP contribution in [0.4, 0.5) is 0 Å². The maximum Gasteiger partial charge on any atom is 0.240 e. The van der Waals surface area contributed by atoms with E-state index in [1.807, 2.05) is 6.92 Å². The fourth-order valence-corrected chi connectivity index (χ4v) is 3.11. The van der Waals surface area contributed by atoms with Gasteiger partial charge in [-0.05, 0) is 39.0 Å². The molecule has 2 aliphatic rings.